The Morgan fingerprint density at radius 1 is 1.12 bits per heavy atom. The van der Waals surface area contributed by atoms with Crippen molar-refractivity contribution in [2.24, 2.45) is 0 Å². The maximum Gasteiger partial charge on any atom is 0.449 e. The summed E-state index contributed by atoms with van der Waals surface area (Å²) in [6.07, 6.45) is -2.93. The molecule has 0 bridgehead atoms. The zero-order valence-corrected chi connectivity index (χ0v) is 24.9. The molecule has 1 fully saturated rings. The molecule has 2 aromatic heterocycles. The van der Waals surface area contributed by atoms with Gasteiger partial charge in [-0.2, -0.15) is 13.2 Å². The van der Waals surface area contributed by atoms with Gasteiger partial charge in [-0.25, -0.2) is 19.3 Å². The molecule has 0 atom stereocenters. The molecule has 0 amide bonds. The van der Waals surface area contributed by atoms with Crippen molar-refractivity contribution < 1.29 is 27.1 Å². The van der Waals surface area contributed by atoms with Gasteiger partial charge in [0.25, 0.3) is 0 Å². The number of hydrogen-bond donors (Lipinski definition) is 2. The van der Waals surface area contributed by atoms with E-state index in [2.05, 4.69) is 24.9 Å². The molecule has 3 heterocycles. The van der Waals surface area contributed by atoms with Crippen molar-refractivity contribution in [2.75, 3.05) is 35.8 Å². The highest BCUT2D eigenvalue weighted by molar-refractivity contribution is 8.00. The number of nitrogens with zero attached hydrogens (tertiary/aromatic N) is 4. The highest BCUT2D eigenvalue weighted by Crippen LogP contribution is 2.39. The standard InChI is InChI=1S/C23H19Cl2FN6OS2.C3H3F3O/c24-14-1-2-19(15(9-14)18-3-4-28-23(30-18)32-7-5-27-6-8-32)33-20-11-17(26)21(10-16(20)25)35-31-22-12-34-13-29-22;1-2(7)3(4,5)6/h1-4,9-13,27,31H,5-8H2;1H3. The van der Waals surface area contributed by atoms with Gasteiger partial charge in [0.15, 0.2) is 0 Å². The van der Waals surface area contributed by atoms with Gasteiger partial charge in [-0.1, -0.05) is 23.2 Å². The summed E-state index contributed by atoms with van der Waals surface area (Å²) in [5.41, 5.74) is 2.98. The molecule has 5 rings (SSSR count). The minimum Gasteiger partial charge on any atom is -0.455 e. The van der Waals surface area contributed by atoms with E-state index in [1.54, 1.807) is 36.0 Å². The first kappa shape index (κ1) is 31.8. The molecule has 0 unspecified atom stereocenters. The average molecular weight is 662 g/mol. The molecule has 1 saturated heterocycles. The quantitative estimate of drug-likeness (QED) is 0.154. The molecule has 2 N–H and O–H groups in total. The van der Waals surface area contributed by atoms with Crippen LogP contribution in [0.5, 0.6) is 11.5 Å². The fraction of sp³-hybridized carbons (Fsp3) is 0.231. The number of nitrogens with one attached hydrogen (secondary N) is 2. The lowest BCUT2D eigenvalue weighted by Gasteiger charge is -2.27. The Bertz CT molecular complexity index is 1520. The molecule has 0 aliphatic carbocycles. The van der Waals surface area contributed by atoms with E-state index in [9.17, 15) is 22.4 Å². The highest BCUT2D eigenvalue weighted by Gasteiger charge is 2.33. The summed E-state index contributed by atoms with van der Waals surface area (Å²) in [6, 6.07) is 9.73. The number of anilines is 2. The number of thiazole rings is 1. The molecule has 1 aliphatic heterocycles. The molecule has 0 saturated carbocycles. The molecule has 4 aromatic rings. The largest absolute Gasteiger partial charge is 0.455 e. The number of alkyl halides is 3. The van der Waals surface area contributed by atoms with Crippen molar-refractivity contribution in [1.29, 1.82) is 0 Å². The minimum atomic E-state index is -4.64. The smallest absolute Gasteiger partial charge is 0.449 e. The van der Waals surface area contributed by atoms with Crippen LogP contribution < -0.4 is 19.7 Å². The number of benzene rings is 2. The molecule has 222 valence electrons. The summed E-state index contributed by atoms with van der Waals surface area (Å²) in [5.74, 6) is -0.327. The Labute approximate surface area is 256 Å². The van der Waals surface area contributed by atoms with E-state index in [1.807, 2.05) is 5.38 Å². The van der Waals surface area contributed by atoms with E-state index in [0.29, 0.717) is 45.6 Å². The SMILES string of the molecule is CC(=O)C(F)(F)F.Fc1cc(Oc2ccc(Cl)cc2-c2ccnc(N3CCNCC3)n2)c(Cl)cc1SNc1cscn1. The Hall–Kier alpha value is -3.17. The fourth-order valence-electron chi connectivity index (χ4n) is 3.46. The molecule has 8 nitrogen and oxygen atoms in total. The van der Waals surface area contributed by atoms with Crippen LogP contribution in [-0.2, 0) is 4.79 Å². The number of carbonyl (C=O) groups excluding carboxylic acids is 1. The minimum absolute atomic E-state index is 0.183. The van der Waals surface area contributed by atoms with Crippen LogP contribution in [0.15, 0.2) is 58.4 Å². The maximum absolute atomic E-state index is 14.8. The van der Waals surface area contributed by atoms with Crippen molar-refractivity contribution in [1.82, 2.24) is 20.3 Å². The third kappa shape index (κ3) is 8.67. The van der Waals surface area contributed by atoms with Crippen molar-refractivity contribution in [3.05, 3.63) is 69.3 Å². The van der Waals surface area contributed by atoms with Gasteiger partial charge >= 0.3 is 6.18 Å². The zero-order valence-electron chi connectivity index (χ0n) is 21.7. The van der Waals surface area contributed by atoms with E-state index in [4.69, 9.17) is 32.9 Å². The van der Waals surface area contributed by atoms with Gasteiger partial charge in [-0.05, 0) is 42.3 Å². The summed E-state index contributed by atoms with van der Waals surface area (Å²) in [6.45, 7) is 3.87. The van der Waals surface area contributed by atoms with Crippen LogP contribution >= 0.6 is 46.5 Å². The summed E-state index contributed by atoms with van der Waals surface area (Å²) in [7, 11) is 0. The second kappa shape index (κ2) is 14.3. The van der Waals surface area contributed by atoms with E-state index < -0.39 is 17.8 Å². The molecule has 2 aromatic carbocycles. The first-order valence-corrected chi connectivity index (χ1v) is 14.7. The number of aromatic nitrogens is 3. The second-order valence-corrected chi connectivity index (χ2v) is 11.0. The lowest BCUT2D eigenvalue weighted by atomic mass is 10.1. The molecule has 16 heteroatoms. The molecule has 42 heavy (non-hydrogen) atoms. The second-order valence-electron chi connectivity index (χ2n) is 8.57. The van der Waals surface area contributed by atoms with Crippen LogP contribution in [0, 0.1) is 5.82 Å². The number of Topliss-reactive ketones (excluding diaryl/α,β-unsaturated/α-hetero) is 1. The molecular formula is C26H22Cl2F4N6O2S2. The predicted octanol–water partition coefficient (Wildman–Crippen LogP) is 7.50. The van der Waals surface area contributed by atoms with Crippen LogP contribution in [0.2, 0.25) is 10.0 Å². The molecule has 0 spiro atoms. The Morgan fingerprint density at radius 3 is 2.52 bits per heavy atom. The van der Waals surface area contributed by atoms with Crippen molar-refractivity contribution >= 4 is 64.0 Å². The van der Waals surface area contributed by atoms with Crippen molar-refractivity contribution in [2.45, 2.75) is 18.0 Å². The van der Waals surface area contributed by atoms with Crippen LogP contribution in [0.3, 0.4) is 0 Å². The van der Waals surface area contributed by atoms with Crippen molar-refractivity contribution in [3.63, 3.8) is 0 Å². The summed E-state index contributed by atoms with van der Waals surface area (Å²) in [4.78, 5) is 25.1. The normalized spacial score (nSPS) is 13.3. The van der Waals surface area contributed by atoms with Crippen LogP contribution in [-0.4, -0.2) is 53.1 Å². The lowest BCUT2D eigenvalue weighted by molar-refractivity contribution is -0.168. The van der Waals surface area contributed by atoms with Crippen LogP contribution in [0.4, 0.5) is 29.3 Å². The van der Waals surface area contributed by atoms with Gasteiger partial charge in [0, 0.05) is 61.3 Å². The van der Waals surface area contributed by atoms with Gasteiger partial charge in [0.1, 0.15) is 23.1 Å². The zero-order chi connectivity index (χ0) is 30.3. The number of piperazine rings is 1. The lowest BCUT2D eigenvalue weighted by Crippen LogP contribution is -2.44. The van der Waals surface area contributed by atoms with Crippen LogP contribution in [0.25, 0.3) is 11.3 Å². The van der Waals surface area contributed by atoms with Gasteiger partial charge in [0.05, 0.1) is 21.1 Å². The third-order valence-corrected chi connectivity index (χ3v) is 7.52. The summed E-state index contributed by atoms with van der Waals surface area (Å²) in [5, 5.41) is 5.93. The topological polar surface area (TPSA) is 92.3 Å². The van der Waals surface area contributed by atoms with E-state index in [-0.39, 0.29) is 10.8 Å². The van der Waals surface area contributed by atoms with Crippen molar-refractivity contribution in [3.8, 4) is 22.8 Å². The van der Waals surface area contributed by atoms with Gasteiger partial charge in [-0.3, -0.25) is 4.79 Å². The maximum atomic E-state index is 14.8. The first-order valence-electron chi connectivity index (χ1n) is 12.2. The number of halogens is 6. The number of rotatable bonds is 7. The monoisotopic (exact) mass is 660 g/mol. The van der Waals surface area contributed by atoms with Gasteiger partial charge < -0.3 is 19.7 Å². The van der Waals surface area contributed by atoms with E-state index in [0.717, 1.165) is 38.1 Å². The predicted molar refractivity (Wildman–Crippen MR) is 157 cm³/mol. The molecular weight excluding hydrogens is 639 g/mol. The molecule has 0 radical (unpaired) electrons. The first-order chi connectivity index (χ1) is 20.0. The van der Waals surface area contributed by atoms with Gasteiger partial charge in [0.2, 0.25) is 11.7 Å². The number of ketones is 1. The Kier molecular flexibility index (Phi) is 10.8. The van der Waals surface area contributed by atoms with Gasteiger partial charge in [-0.15, -0.1) is 11.3 Å². The van der Waals surface area contributed by atoms with E-state index in [1.165, 1.54) is 23.5 Å². The number of carbonyl (C=O) groups is 1. The van der Waals surface area contributed by atoms with Crippen LogP contribution in [0.1, 0.15) is 6.92 Å². The number of hydrogen-bond acceptors (Lipinski definition) is 10. The Balaban J connectivity index is 0.000000517. The Morgan fingerprint density at radius 2 is 1.86 bits per heavy atom. The third-order valence-electron chi connectivity index (χ3n) is 5.56. The van der Waals surface area contributed by atoms with E-state index >= 15 is 0 Å². The summed E-state index contributed by atoms with van der Waals surface area (Å²) >= 11 is 15.3. The molecule has 1 aliphatic rings. The summed E-state index contributed by atoms with van der Waals surface area (Å²) < 4.78 is 56.4. The number of ether oxygens (including phenoxy) is 1. The average Bonchev–Trinajstić information content (AvgIpc) is 3.49. The fourth-order valence-corrected chi connectivity index (χ4v) is 5.12. The highest BCUT2D eigenvalue weighted by atomic mass is 35.5.